The number of amides is 1. The molecule has 1 amide bonds. The summed E-state index contributed by atoms with van der Waals surface area (Å²) >= 11 is 1.13. The molecule has 2 heterocycles. The van der Waals surface area contributed by atoms with Crippen LogP contribution in [0, 0.1) is 0 Å². The first-order valence-electron chi connectivity index (χ1n) is 7.23. The highest BCUT2D eigenvalue weighted by molar-refractivity contribution is 7.91. The van der Waals surface area contributed by atoms with Gasteiger partial charge in [-0.1, -0.05) is 0 Å². The van der Waals surface area contributed by atoms with Gasteiger partial charge in [-0.05, 0) is 31.2 Å². The van der Waals surface area contributed by atoms with Gasteiger partial charge in [-0.3, -0.25) is 4.79 Å². The summed E-state index contributed by atoms with van der Waals surface area (Å²) in [5, 5.41) is 2.75. The van der Waals surface area contributed by atoms with Crippen LogP contribution in [-0.4, -0.2) is 44.3 Å². The molecule has 0 saturated carbocycles. The van der Waals surface area contributed by atoms with Crippen LogP contribution in [0.5, 0.6) is 5.88 Å². The Bertz CT molecular complexity index is 816. The Balaban J connectivity index is 2.07. The average molecular weight is 369 g/mol. The zero-order valence-corrected chi connectivity index (χ0v) is 15.3. The molecular weight excluding hydrogens is 350 g/mol. The normalized spacial score (nSPS) is 11.5. The molecule has 1 N–H and O–H groups in total. The van der Waals surface area contributed by atoms with Gasteiger partial charge in [0.05, 0.1) is 13.2 Å². The van der Waals surface area contributed by atoms with Crippen LogP contribution in [0.25, 0.3) is 0 Å². The lowest BCUT2D eigenvalue weighted by Gasteiger charge is -2.09. The van der Waals surface area contributed by atoms with E-state index in [-0.39, 0.29) is 22.5 Å². The van der Waals surface area contributed by atoms with Crippen LogP contribution >= 0.6 is 11.3 Å². The number of sulfonamides is 1. The SMILES string of the molecule is CCOc1ncccc1C(=O)NCc1ccc(S(=O)(=O)N(C)C)s1. The van der Waals surface area contributed by atoms with Crippen molar-refractivity contribution >= 4 is 27.3 Å². The molecule has 0 unspecified atom stereocenters. The van der Waals surface area contributed by atoms with E-state index in [1.807, 2.05) is 6.92 Å². The van der Waals surface area contributed by atoms with Crippen LogP contribution in [-0.2, 0) is 16.6 Å². The van der Waals surface area contributed by atoms with Gasteiger partial charge in [0.15, 0.2) is 0 Å². The third-order valence-corrected chi connectivity index (χ3v) is 6.46. The summed E-state index contributed by atoms with van der Waals surface area (Å²) in [4.78, 5) is 17.0. The number of ether oxygens (including phenoxy) is 1. The van der Waals surface area contributed by atoms with Gasteiger partial charge < -0.3 is 10.1 Å². The summed E-state index contributed by atoms with van der Waals surface area (Å²) in [5.74, 6) is -0.0449. The largest absolute Gasteiger partial charge is 0.477 e. The molecular formula is C15H19N3O4S2. The van der Waals surface area contributed by atoms with Crippen molar-refractivity contribution in [2.75, 3.05) is 20.7 Å². The minimum absolute atomic E-state index is 0.229. The van der Waals surface area contributed by atoms with Crippen LogP contribution in [0.15, 0.2) is 34.7 Å². The van der Waals surface area contributed by atoms with Crippen molar-refractivity contribution in [2.45, 2.75) is 17.7 Å². The Kier molecular flexibility index (Phi) is 5.92. The number of carbonyl (C=O) groups is 1. The van der Waals surface area contributed by atoms with E-state index in [0.717, 1.165) is 20.5 Å². The molecule has 9 heteroatoms. The Hall–Kier alpha value is -1.97. The fourth-order valence-corrected chi connectivity index (χ4v) is 4.31. The van der Waals surface area contributed by atoms with E-state index in [1.54, 1.807) is 24.4 Å². The van der Waals surface area contributed by atoms with E-state index in [4.69, 9.17) is 4.74 Å². The predicted octanol–water partition coefficient (Wildman–Crippen LogP) is 1.72. The second-order valence-corrected chi connectivity index (χ2v) is 8.53. The predicted molar refractivity (Wildman–Crippen MR) is 91.8 cm³/mol. The highest BCUT2D eigenvalue weighted by Crippen LogP contribution is 2.24. The highest BCUT2D eigenvalue weighted by atomic mass is 32.2. The molecule has 0 saturated heterocycles. The van der Waals surface area contributed by atoms with Gasteiger partial charge in [0, 0.05) is 25.2 Å². The van der Waals surface area contributed by atoms with Gasteiger partial charge in [0.25, 0.3) is 15.9 Å². The molecule has 0 bridgehead atoms. The topological polar surface area (TPSA) is 88.6 Å². The van der Waals surface area contributed by atoms with Crippen LogP contribution in [0.4, 0.5) is 0 Å². The molecule has 0 aliphatic heterocycles. The molecule has 0 aliphatic rings. The summed E-state index contributed by atoms with van der Waals surface area (Å²) < 4.78 is 30.8. The maximum absolute atomic E-state index is 12.3. The van der Waals surface area contributed by atoms with Crippen LogP contribution in [0.1, 0.15) is 22.2 Å². The molecule has 0 atom stereocenters. The molecule has 2 aromatic rings. The first-order chi connectivity index (χ1) is 11.4. The molecule has 7 nitrogen and oxygen atoms in total. The Labute approximate surface area is 145 Å². The Morgan fingerprint density at radius 1 is 1.33 bits per heavy atom. The number of hydrogen-bond donors (Lipinski definition) is 1. The van der Waals surface area contributed by atoms with Gasteiger partial charge in [0.2, 0.25) is 5.88 Å². The monoisotopic (exact) mass is 369 g/mol. The third kappa shape index (κ3) is 4.11. The second-order valence-electron chi connectivity index (χ2n) is 4.98. The van der Waals surface area contributed by atoms with Crippen LogP contribution in [0.3, 0.4) is 0 Å². The smallest absolute Gasteiger partial charge is 0.257 e. The van der Waals surface area contributed by atoms with Gasteiger partial charge in [-0.15, -0.1) is 11.3 Å². The minimum atomic E-state index is -3.45. The summed E-state index contributed by atoms with van der Waals surface area (Å²) in [6.07, 6.45) is 1.55. The van der Waals surface area contributed by atoms with Gasteiger partial charge >= 0.3 is 0 Å². The zero-order chi connectivity index (χ0) is 17.7. The summed E-state index contributed by atoms with van der Waals surface area (Å²) in [5.41, 5.74) is 0.344. The van der Waals surface area contributed by atoms with Crippen molar-refractivity contribution in [3.8, 4) is 5.88 Å². The van der Waals surface area contributed by atoms with E-state index < -0.39 is 10.0 Å². The lowest BCUT2D eigenvalue weighted by molar-refractivity contribution is 0.0946. The van der Waals surface area contributed by atoms with Gasteiger partial charge in [-0.2, -0.15) is 0 Å². The Morgan fingerprint density at radius 3 is 2.75 bits per heavy atom. The van der Waals surface area contributed by atoms with Crippen LogP contribution < -0.4 is 10.1 Å². The number of aromatic nitrogens is 1. The van der Waals surface area contributed by atoms with Crippen molar-refractivity contribution in [1.82, 2.24) is 14.6 Å². The maximum Gasteiger partial charge on any atom is 0.257 e. The molecule has 0 aliphatic carbocycles. The minimum Gasteiger partial charge on any atom is -0.477 e. The van der Waals surface area contributed by atoms with Gasteiger partial charge in [0.1, 0.15) is 9.77 Å². The quantitative estimate of drug-likeness (QED) is 0.803. The highest BCUT2D eigenvalue weighted by Gasteiger charge is 2.20. The van der Waals surface area contributed by atoms with Crippen LogP contribution in [0.2, 0.25) is 0 Å². The summed E-state index contributed by atoms with van der Waals surface area (Å²) in [7, 11) is -0.491. The van der Waals surface area contributed by atoms with Crippen molar-refractivity contribution in [3.05, 3.63) is 40.9 Å². The maximum atomic E-state index is 12.3. The molecule has 0 spiro atoms. The van der Waals surface area contributed by atoms with E-state index in [2.05, 4.69) is 10.3 Å². The Morgan fingerprint density at radius 2 is 2.08 bits per heavy atom. The molecule has 2 aromatic heterocycles. The summed E-state index contributed by atoms with van der Waals surface area (Å²) in [6.45, 7) is 2.45. The lowest BCUT2D eigenvalue weighted by atomic mass is 10.2. The lowest BCUT2D eigenvalue weighted by Crippen LogP contribution is -2.23. The zero-order valence-electron chi connectivity index (χ0n) is 13.6. The van der Waals surface area contributed by atoms with Crippen molar-refractivity contribution in [1.29, 1.82) is 0 Å². The fraction of sp³-hybridized carbons (Fsp3) is 0.333. The molecule has 2 rings (SSSR count). The molecule has 130 valence electrons. The summed E-state index contributed by atoms with van der Waals surface area (Å²) in [6, 6.07) is 6.51. The number of carbonyl (C=O) groups excluding carboxylic acids is 1. The molecule has 0 radical (unpaired) electrons. The van der Waals surface area contributed by atoms with Crippen molar-refractivity contribution < 1.29 is 17.9 Å². The number of thiophene rings is 1. The van der Waals surface area contributed by atoms with Crippen molar-refractivity contribution in [2.24, 2.45) is 0 Å². The van der Waals surface area contributed by atoms with Gasteiger partial charge in [-0.25, -0.2) is 17.7 Å². The third-order valence-electron chi connectivity index (χ3n) is 3.09. The van der Waals surface area contributed by atoms with E-state index in [9.17, 15) is 13.2 Å². The first-order valence-corrected chi connectivity index (χ1v) is 9.49. The molecule has 24 heavy (non-hydrogen) atoms. The molecule has 0 aromatic carbocycles. The standard InChI is InChI=1S/C15H19N3O4S2/c1-4-22-15-12(6-5-9-16-15)14(19)17-10-11-7-8-13(23-11)24(20,21)18(2)3/h5-9H,4,10H2,1-3H3,(H,17,19). The molecule has 0 fully saturated rings. The fourth-order valence-electron chi connectivity index (χ4n) is 1.85. The number of rotatable bonds is 7. The number of nitrogens with zero attached hydrogens (tertiary/aromatic N) is 2. The first kappa shape index (κ1) is 18.4. The van der Waals surface area contributed by atoms with E-state index >= 15 is 0 Å². The average Bonchev–Trinajstić information content (AvgIpc) is 3.03. The van der Waals surface area contributed by atoms with E-state index in [0.29, 0.717) is 12.2 Å². The number of nitrogens with one attached hydrogen (secondary N) is 1. The number of pyridine rings is 1. The van der Waals surface area contributed by atoms with Crippen molar-refractivity contribution in [3.63, 3.8) is 0 Å². The van der Waals surface area contributed by atoms with E-state index in [1.165, 1.54) is 20.2 Å². The second kappa shape index (κ2) is 7.73. The number of hydrogen-bond acceptors (Lipinski definition) is 6.